The van der Waals surface area contributed by atoms with Crippen LogP contribution in [0.25, 0.3) is 0 Å². The maximum Gasteiger partial charge on any atom is 0.160 e. The zero-order chi connectivity index (χ0) is 5.70. The molecule has 7 heavy (non-hydrogen) atoms. The van der Waals surface area contributed by atoms with E-state index in [4.69, 9.17) is 5.11 Å². The van der Waals surface area contributed by atoms with Crippen molar-refractivity contribution in [3.63, 3.8) is 0 Å². The number of rotatable bonds is 0. The Morgan fingerprint density at radius 1 is 1.71 bits per heavy atom. The van der Waals surface area contributed by atoms with E-state index in [1.165, 1.54) is 6.08 Å². The van der Waals surface area contributed by atoms with Crippen molar-refractivity contribution in [2.24, 2.45) is 0 Å². The molecule has 0 heterocycles. The molecule has 0 saturated heterocycles. The van der Waals surface area contributed by atoms with E-state index < -0.39 is 0 Å². The highest BCUT2D eigenvalue weighted by molar-refractivity contribution is 5.24. The molecule has 0 aromatic rings. The Hall–Kier alpha value is -1.16. The molecule has 0 aromatic heterocycles. The van der Waals surface area contributed by atoms with Crippen molar-refractivity contribution in [1.82, 2.24) is 0 Å². The fourth-order valence-electron chi connectivity index (χ4n) is 0.134. The molecule has 1 nitrogen and oxygen atoms in total. The van der Waals surface area contributed by atoms with E-state index >= 15 is 0 Å². The van der Waals surface area contributed by atoms with E-state index in [2.05, 4.69) is 25.0 Å². The van der Waals surface area contributed by atoms with Gasteiger partial charge in [0.2, 0.25) is 0 Å². The highest BCUT2D eigenvalue weighted by Crippen LogP contribution is 1.72. The molecule has 1 N–H and O–H groups in total. The Bertz CT molecular complexity index is 134. The van der Waals surface area contributed by atoms with E-state index in [9.17, 15) is 0 Å². The first-order chi connectivity index (χ1) is 3.27. The number of hydrogen-bond acceptors (Lipinski definition) is 1. The second-order valence-electron chi connectivity index (χ2n) is 0.920. The lowest BCUT2D eigenvalue weighted by atomic mass is 10.5. The van der Waals surface area contributed by atoms with Crippen molar-refractivity contribution in [2.45, 2.75) is 0 Å². The van der Waals surface area contributed by atoms with Gasteiger partial charge in [-0.2, -0.15) is 0 Å². The number of allylic oxidation sites excluding steroid dienone is 2. The van der Waals surface area contributed by atoms with Gasteiger partial charge in [0.25, 0.3) is 0 Å². The van der Waals surface area contributed by atoms with Crippen LogP contribution in [0.15, 0.2) is 25.0 Å². The third-order valence-corrected chi connectivity index (χ3v) is 0.319. The van der Waals surface area contributed by atoms with Crippen LogP contribution in [0.2, 0.25) is 0 Å². The van der Waals surface area contributed by atoms with Gasteiger partial charge >= 0.3 is 0 Å². The van der Waals surface area contributed by atoms with Crippen molar-refractivity contribution in [1.29, 1.82) is 0 Å². The van der Waals surface area contributed by atoms with Gasteiger partial charge in [0.15, 0.2) is 5.76 Å². The van der Waals surface area contributed by atoms with Crippen LogP contribution in [-0.4, -0.2) is 5.11 Å². The van der Waals surface area contributed by atoms with E-state index in [0.717, 1.165) is 0 Å². The van der Waals surface area contributed by atoms with Gasteiger partial charge in [-0.1, -0.05) is 12.5 Å². The summed E-state index contributed by atoms with van der Waals surface area (Å²) in [6.07, 6.45) is 1.39. The predicted octanol–water partition coefficient (Wildman–Crippen LogP) is 1.25. The van der Waals surface area contributed by atoms with E-state index in [1.807, 2.05) is 0 Å². The lowest BCUT2D eigenvalue weighted by Crippen LogP contribution is -1.64. The Kier molecular flexibility index (Phi) is 2.54. The molecule has 0 radical (unpaired) electrons. The zero-order valence-electron chi connectivity index (χ0n) is 3.94. The number of aliphatic hydroxyl groups excluding tert-OH is 1. The predicted molar refractivity (Wildman–Crippen MR) is 29.7 cm³/mol. The quantitative estimate of drug-likeness (QED) is 0.354. The van der Waals surface area contributed by atoms with Crippen molar-refractivity contribution in [3.8, 4) is 11.8 Å². The lowest BCUT2D eigenvalue weighted by molar-refractivity contribution is 0.441. The molecule has 0 spiro atoms. The van der Waals surface area contributed by atoms with Crippen LogP contribution in [0.3, 0.4) is 0 Å². The van der Waals surface area contributed by atoms with Crippen LogP contribution in [0, 0.1) is 11.8 Å². The van der Waals surface area contributed by atoms with Crippen molar-refractivity contribution in [2.75, 3.05) is 0 Å². The first-order valence-corrected chi connectivity index (χ1v) is 1.77. The molecule has 0 aliphatic carbocycles. The second kappa shape index (κ2) is 3.05. The topological polar surface area (TPSA) is 20.2 Å². The largest absolute Gasteiger partial charge is 0.501 e. The molecule has 0 unspecified atom stereocenters. The summed E-state index contributed by atoms with van der Waals surface area (Å²) in [4.78, 5) is 0. The summed E-state index contributed by atoms with van der Waals surface area (Å²) in [5.74, 6) is 4.58. The van der Waals surface area contributed by atoms with Gasteiger partial charge in [-0.05, 0) is 18.6 Å². The molecular weight excluding hydrogens is 88.1 g/mol. The molecule has 0 bridgehead atoms. The molecule has 0 aromatic carbocycles. The summed E-state index contributed by atoms with van der Waals surface area (Å²) in [5.41, 5.74) is 0. The minimum atomic E-state index is -0.125. The zero-order valence-corrected chi connectivity index (χ0v) is 3.94. The van der Waals surface area contributed by atoms with E-state index in [-0.39, 0.29) is 5.76 Å². The van der Waals surface area contributed by atoms with E-state index in [1.54, 1.807) is 0 Å². The Labute approximate surface area is 43.0 Å². The molecule has 0 fully saturated rings. The summed E-state index contributed by atoms with van der Waals surface area (Å²) in [6.45, 7) is 6.43. The highest BCUT2D eigenvalue weighted by atomic mass is 16.3. The fourth-order valence-corrected chi connectivity index (χ4v) is 0.134. The standard InChI is InChI=1S/C6H6O/c1-3-4-5-6(2)7/h3,7H,1-2H2. The summed E-state index contributed by atoms with van der Waals surface area (Å²) in [5, 5.41) is 8.27. The fraction of sp³-hybridized carbons (Fsp3) is 0. The first-order valence-electron chi connectivity index (χ1n) is 1.77. The third kappa shape index (κ3) is 4.84. The Morgan fingerprint density at radius 3 is 2.43 bits per heavy atom. The minimum Gasteiger partial charge on any atom is -0.501 e. The molecule has 36 valence electrons. The molecule has 0 atom stereocenters. The highest BCUT2D eigenvalue weighted by Gasteiger charge is 1.66. The monoisotopic (exact) mass is 94.0 g/mol. The summed E-state index contributed by atoms with van der Waals surface area (Å²) in [7, 11) is 0. The van der Waals surface area contributed by atoms with Crippen LogP contribution < -0.4 is 0 Å². The van der Waals surface area contributed by atoms with Crippen molar-refractivity contribution in [3.05, 3.63) is 25.0 Å². The van der Waals surface area contributed by atoms with Gasteiger partial charge in [-0.25, -0.2) is 0 Å². The normalized spacial score (nSPS) is 5.71. The third-order valence-electron chi connectivity index (χ3n) is 0.319. The van der Waals surface area contributed by atoms with Crippen molar-refractivity contribution >= 4 is 0 Å². The van der Waals surface area contributed by atoms with Crippen LogP contribution in [0.5, 0.6) is 0 Å². The molecule has 1 heteroatoms. The average Bonchev–Trinajstić information content (AvgIpc) is 1.61. The summed E-state index contributed by atoms with van der Waals surface area (Å²) < 4.78 is 0. The molecule has 0 aliphatic heterocycles. The summed E-state index contributed by atoms with van der Waals surface area (Å²) in [6, 6.07) is 0. The van der Waals surface area contributed by atoms with Crippen LogP contribution >= 0.6 is 0 Å². The number of aliphatic hydroxyl groups is 1. The van der Waals surface area contributed by atoms with Gasteiger partial charge in [-0.15, -0.1) is 0 Å². The van der Waals surface area contributed by atoms with Gasteiger partial charge in [0, 0.05) is 0 Å². The van der Waals surface area contributed by atoms with Gasteiger partial charge in [0.1, 0.15) is 0 Å². The molecule has 0 rings (SSSR count). The van der Waals surface area contributed by atoms with Gasteiger partial charge in [0.05, 0.1) is 0 Å². The Morgan fingerprint density at radius 2 is 2.29 bits per heavy atom. The van der Waals surface area contributed by atoms with Crippen molar-refractivity contribution < 1.29 is 5.11 Å². The first kappa shape index (κ1) is 5.84. The molecule has 0 amide bonds. The van der Waals surface area contributed by atoms with Gasteiger partial charge < -0.3 is 5.11 Å². The van der Waals surface area contributed by atoms with Crippen LogP contribution in [-0.2, 0) is 0 Å². The second-order valence-corrected chi connectivity index (χ2v) is 0.920. The maximum absolute atomic E-state index is 8.27. The van der Waals surface area contributed by atoms with Gasteiger partial charge in [-0.3, -0.25) is 0 Å². The van der Waals surface area contributed by atoms with Crippen LogP contribution in [0.1, 0.15) is 0 Å². The number of hydrogen-bond donors (Lipinski definition) is 1. The summed E-state index contributed by atoms with van der Waals surface area (Å²) >= 11 is 0. The lowest BCUT2D eigenvalue weighted by Gasteiger charge is -1.71. The minimum absolute atomic E-state index is 0.125. The average molecular weight is 94.1 g/mol. The van der Waals surface area contributed by atoms with Crippen LogP contribution in [0.4, 0.5) is 0 Å². The Balaban J connectivity index is 3.66. The molecule has 0 saturated carbocycles. The molecule has 0 aliphatic rings. The van der Waals surface area contributed by atoms with E-state index in [0.29, 0.717) is 0 Å². The smallest absolute Gasteiger partial charge is 0.160 e. The molecular formula is C6H6O. The maximum atomic E-state index is 8.27. The SMILES string of the molecule is C=CC#CC(=C)O.